The van der Waals surface area contributed by atoms with Crippen molar-refractivity contribution in [3.8, 4) is 0 Å². The molecule has 0 atom stereocenters. The fourth-order valence-corrected chi connectivity index (χ4v) is 2.46. The number of benzene rings is 1. The van der Waals surface area contributed by atoms with E-state index in [0.29, 0.717) is 12.1 Å². The molecule has 0 aliphatic heterocycles. The summed E-state index contributed by atoms with van der Waals surface area (Å²) < 4.78 is 0. The van der Waals surface area contributed by atoms with Crippen molar-refractivity contribution in [2.45, 2.75) is 13.5 Å². The molecule has 16 heavy (non-hydrogen) atoms. The first-order chi connectivity index (χ1) is 7.72. The van der Waals surface area contributed by atoms with Gasteiger partial charge < -0.3 is 5.73 Å². The highest BCUT2D eigenvalue weighted by atomic mass is 32.1. The fraction of sp³-hybridized carbons (Fsp3) is 0.154. The van der Waals surface area contributed by atoms with Crippen molar-refractivity contribution in [1.82, 2.24) is 0 Å². The summed E-state index contributed by atoms with van der Waals surface area (Å²) >= 11 is 1.49. The SMILES string of the molecule is Cc1ccsc1C(=O)c1cccc(CN)c1. The molecule has 0 aliphatic carbocycles. The molecule has 0 unspecified atom stereocenters. The van der Waals surface area contributed by atoms with Crippen molar-refractivity contribution in [1.29, 1.82) is 0 Å². The quantitative estimate of drug-likeness (QED) is 0.825. The molecule has 0 saturated heterocycles. The lowest BCUT2D eigenvalue weighted by molar-refractivity contribution is 0.104. The number of hydrogen-bond acceptors (Lipinski definition) is 3. The topological polar surface area (TPSA) is 43.1 Å². The molecule has 0 aliphatic rings. The molecule has 0 fully saturated rings. The molecule has 2 nitrogen and oxygen atoms in total. The van der Waals surface area contributed by atoms with Gasteiger partial charge in [0.15, 0.2) is 0 Å². The summed E-state index contributed by atoms with van der Waals surface area (Å²) in [5.74, 6) is 0.0859. The van der Waals surface area contributed by atoms with Gasteiger partial charge in [0.25, 0.3) is 0 Å². The monoisotopic (exact) mass is 231 g/mol. The Hall–Kier alpha value is -1.45. The van der Waals surface area contributed by atoms with E-state index in [2.05, 4.69) is 0 Å². The molecule has 82 valence electrons. The summed E-state index contributed by atoms with van der Waals surface area (Å²) in [6, 6.07) is 9.46. The first-order valence-corrected chi connectivity index (χ1v) is 5.98. The summed E-state index contributed by atoms with van der Waals surface area (Å²) in [7, 11) is 0. The normalized spacial score (nSPS) is 10.4. The van der Waals surface area contributed by atoms with Crippen LogP contribution in [0.15, 0.2) is 35.7 Å². The van der Waals surface area contributed by atoms with Crippen molar-refractivity contribution < 1.29 is 4.79 Å². The fourth-order valence-electron chi connectivity index (χ4n) is 1.58. The molecule has 3 heteroatoms. The third-order valence-corrected chi connectivity index (χ3v) is 3.51. The number of ketones is 1. The maximum Gasteiger partial charge on any atom is 0.203 e. The van der Waals surface area contributed by atoms with E-state index in [9.17, 15) is 4.79 Å². The zero-order valence-electron chi connectivity index (χ0n) is 9.07. The van der Waals surface area contributed by atoms with E-state index < -0.39 is 0 Å². The smallest absolute Gasteiger partial charge is 0.203 e. The average molecular weight is 231 g/mol. The molecule has 1 aromatic heterocycles. The first-order valence-electron chi connectivity index (χ1n) is 5.10. The van der Waals surface area contributed by atoms with Gasteiger partial charge in [-0.1, -0.05) is 18.2 Å². The van der Waals surface area contributed by atoms with Crippen LogP contribution in [0.25, 0.3) is 0 Å². The van der Waals surface area contributed by atoms with E-state index in [1.807, 2.05) is 42.6 Å². The van der Waals surface area contributed by atoms with Gasteiger partial charge in [0.1, 0.15) is 0 Å². The maximum absolute atomic E-state index is 12.2. The third kappa shape index (κ3) is 2.05. The van der Waals surface area contributed by atoms with Crippen LogP contribution in [-0.4, -0.2) is 5.78 Å². The Labute approximate surface area is 98.7 Å². The van der Waals surface area contributed by atoms with Crippen LogP contribution in [0.4, 0.5) is 0 Å². The minimum Gasteiger partial charge on any atom is -0.326 e. The molecule has 1 heterocycles. The van der Waals surface area contributed by atoms with Crippen LogP contribution in [0, 0.1) is 6.92 Å². The highest BCUT2D eigenvalue weighted by molar-refractivity contribution is 7.12. The highest BCUT2D eigenvalue weighted by Gasteiger charge is 2.12. The third-order valence-electron chi connectivity index (χ3n) is 2.49. The minimum atomic E-state index is 0.0859. The summed E-state index contributed by atoms with van der Waals surface area (Å²) in [6.07, 6.45) is 0. The predicted octanol–water partition coefficient (Wildman–Crippen LogP) is 2.75. The second kappa shape index (κ2) is 4.60. The van der Waals surface area contributed by atoms with Crippen LogP contribution >= 0.6 is 11.3 Å². The summed E-state index contributed by atoms with van der Waals surface area (Å²) in [4.78, 5) is 13.0. The Morgan fingerprint density at radius 2 is 2.19 bits per heavy atom. The van der Waals surface area contributed by atoms with E-state index in [1.54, 1.807) is 0 Å². The lowest BCUT2D eigenvalue weighted by atomic mass is 10.0. The highest BCUT2D eigenvalue weighted by Crippen LogP contribution is 2.20. The summed E-state index contributed by atoms with van der Waals surface area (Å²) in [6.45, 7) is 2.42. The Bertz CT molecular complexity index is 516. The number of hydrogen-bond donors (Lipinski definition) is 1. The Morgan fingerprint density at radius 3 is 2.81 bits per heavy atom. The number of thiophene rings is 1. The van der Waals surface area contributed by atoms with Gasteiger partial charge in [0.05, 0.1) is 4.88 Å². The number of nitrogens with two attached hydrogens (primary N) is 1. The van der Waals surface area contributed by atoms with Gasteiger partial charge >= 0.3 is 0 Å². The van der Waals surface area contributed by atoms with Crippen molar-refractivity contribution in [2.24, 2.45) is 5.73 Å². The number of aryl methyl sites for hydroxylation is 1. The van der Waals surface area contributed by atoms with Gasteiger partial charge in [-0.15, -0.1) is 11.3 Å². The van der Waals surface area contributed by atoms with Crippen molar-refractivity contribution in [3.63, 3.8) is 0 Å². The van der Waals surface area contributed by atoms with Gasteiger partial charge in [-0.3, -0.25) is 4.79 Å². The summed E-state index contributed by atoms with van der Waals surface area (Å²) in [5.41, 5.74) is 8.30. The lowest BCUT2D eigenvalue weighted by Gasteiger charge is -2.02. The number of carbonyl (C=O) groups excluding carboxylic acids is 1. The molecule has 0 radical (unpaired) electrons. The van der Waals surface area contributed by atoms with Crippen LogP contribution < -0.4 is 5.73 Å². The minimum absolute atomic E-state index is 0.0859. The van der Waals surface area contributed by atoms with Crippen LogP contribution in [0.2, 0.25) is 0 Å². The molecular formula is C13H13NOS. The molecule has 0 saturated carbocycles. The first kappa shape index (κ1) is 11.0. The van der Waals surface area contributed by atoms with Gasteiger partial charge in [-0.2, -0.15) is 0 Å². The second-order valence-electron chi connectivity index (χ2n) is 3.67. The Balaban J connectivity index is 2.38. The van der Waals surface area contributed by atoms with Gasteiger partial charge in [-0.05, 0) is 35.6 Å². The molecule has 1 aromatic carbocycles. The van der Waals surface area contributed by atoms with Crippen LogP contribution in [-0.2, 0) is 6.54 Å². The largest absolute Gasteiger partial charge is 0.326 e. The van der Waals surface area contributed by atoms with Crippen molar-refractivity contribution >= 4 is 17.1 Å². The van der Waals surface area contributed by atoms with Gasteiger partial charge in [0.2, 0.25) is 5.78 Å². The van der Waals surface area contributed by atoms with Gasteiger partial charge in [-0.25, -0.2) is 0 Å². The predicted molar refractivity (Wildman–Crippen MR) is 66.8 cm³/mol. The Morgan fingerprint density at radius 1 is 1.38 bits per heavy atom. The standard InChI is InChI=1S/C13H13NOS/c1-9-5-6-16-13(9)12(15)11-4-2-3-10(7-11)8-14/h2-7H,8,14H2,1H3. The molecule has 2 aromatic rings. The van der Waals surface area contributed by atoms with Crippen LogP contribution in [0.1, 0.15) is 26.4 Å². The van der Waals surface area contributed by atoms with E-state index in [-0.39, 0.29) is 5.78 Å². The molecular weight excluding hydrogens is 218 g/mol. The molecule has 2 N–H and O–H groups in total. The van der Waals surface area contributed by atoms with Crippen LogP contribution in [0.5, 0.6) is 0 Å². The van der Waals surface area contributed by atoms with E-state index >= 15 is 0 Å². The molecule has 2 rings (SSSR count). The molecule has 0 spiro atoms. The zero-order chi connectivity index (χ0) is 11.5. The number of carbonyl (C=O) groups is 1. The van der Waals surface area contributed by atoms with E-state index in [4.69, 9.17) is 5.73 Å². The molecule has 0 bridgehead atoms. The Kier molecular flexibility index (Phi) is 3.17. The average Bonchev–Trinajstić information content (AvgIpc) is 2.74. The van der Waals surface area contributed by atoms with Gasteiger partial charge in [0, 0.05) is 12.1 Å². The van der Waals surface area contributed by atoms with E-state index in [0.717, 1.165) is 16.0 Å². The van der Waals surface area contributed by atoms with E-state index in [1.165, 1.54) is 11.3 Å². The zero-order valence-corrected chi connectivity index (χ0v) is 9.88. The molecule has 0 amide bonds. The van der Waals surface area contributed by atoms with Crippen molar-refractivity contribution in [3.05, 3.63) is 57.3 Å². The van der Waals surface area contributed by atoms with Crippen molar-refractivity contribution in [2.75, 3.05) is 0 Å². The maximum atomic E-state index is 12.2. The summed E-state index contributed by atoms with van der Waals surface area (Å²) in [5, 5.41) is 1.94. The van der Waals surface area contributed by atoms with Crippen LogP contribution in [0.3, 0.4) is 0 Å². The number of rotatable bonds is 3. The second-order valence-corrected chi connectivity index (χ2v) is 4.58. The lowest BCUT2D eigenvalue weighted by Crippen LogP contribution is -2.03.